The summed E-state index contributed by atoms with van der Waals surface area (Å²) in [5, 5.41) is 9.88. The van der Waals surface area contributed by atoms with Crippen LogP contribution in [-0.2, 0) is 9.53 Å². The molecule has 0 radical (unpaired) electrons. The first-order valence-electron chi connectivity index (χ1n) is 9.45. The minimum atomic E-state index is -0.0896. The second kappa shape index (κ2) is 20.1. The largest absolute Gasteiger partial charge is 1.00 e. The van der Waals surface area contributed by atoms with Crippen molar-refractivity contribution in [3.63, 3.8) is 0 Å². The smallest absolute Gasteiger partial charge is 0.469 e. The molecular formula is C19H38LiO3+. The molecule has 0 heterocycles. The van der Waals surface area contributed by atoms with E-state index in [1.165, 1.54) is 64.9 Å². The van der Waals surface area contributed by atoms with E-state index in [0.29, 0.717) is 6.42 Å². The minimum absolute atomic E-state index is 0. The van der Waals surface area contributed by atoms with Gasteiger partial charge in [-0.05, 0) is 19.3 Å². The molecule has 0 aromatic rings. The Hall–Kier alpha value is 0.0274. The van der Waals surface area contributed by atoms with E-state index < -0.39 is 0 Å². The first-order valence-corrected chi connectivity index (χ1v) is 9.45. The van der Waals surface area contributed by atoms with Crippen LogP contribution in [0.3, 0.4) is 0 Å². The van der Waals surface area contributed by atoms with Gasteiger partial charge in [-0.1, -0.05) is 77.6 Å². The van der Waals surface area contributed by atoms with Gasteiger partial charge in [0.05, 0.1) is 13.2 Å². The van der Waals surface area contributed by atoms with Crippen LogP contribution in [0.1, 0.15) is 103 Å². The Morgan fingerprint density at radius 3 is 1.74 bits per heavy atom. The molecule has 23 heavy (non-hydrogen) atoms. The van der Waals surface area contributed by atoms with Crippen LogP contribution in [0.25, 0.3) is 0 Å². The van der Waals surface area contributed by atoms with Crippen LogP contribution in [0.15, 0.2) is 0 Å². The number of carbonyl (C=O) groups is 1. The molecule has 0 fully saturated rings. The van der Waals surface area contributed by atoms with Gasteiger partial charge >= 0.3 is 24.8 Å². The van der Waals surface area contributed by atoms with E-state index in [9.17, 15) is 9.90 Å². The summed E-state index contributed by atoms with van der Waals surface area (Å²) < 4.78 is 4.62. The summed E-state index contributed by atoms with van der Waals surface area (Å²) in [6.07, 6.45) is 17.0. The maximum absolute atomic E-state index is 10.9. The molecule has 0 aliphatic heterocycles. The maximum atomic E-state index is 10.9. The number of esters is 1. The maximum Gasteiger partial charge on any atom is 1.00 e. The van der Waals surface area contributed by atoms with Crippen LogP contribution in [0, 0.1) is 0 Å². The Morgan fingerprint density at radius 2 is 1.26 bits per heavy atom. The summed E-state index contributed by atoms with van der Waals surface area (Å²) in [6, 6.07) is 0. The average molecular weight is 321 g/mol. The molecule has 1 atom stereocenters. The number of methoxy groups -OCH3 is 1. The van der Waals surface area contributed by atoms with Gasteiger partial charge in [0.1, 0.15) is 0 Å². The van der Waals surface area contributed by atoms with E-state index in [1.54, 1.807) is 0 Å². The molecule has 0 saturated heterocycles. The predicted molar refractivity (Wildman–Crippen MR) is 93.0 cm³/mol. The Morgan fingerprint density at radius 1 is 0.826 bits per heavy atom. The van der Waals surface area contributed by atoms with E-state index >= 15 is 0 Å². The van der Waals surface area contributed by atoms with Crippen molar-refractivity contribution in [2.24, 2.45) is 0 Å². The van der Waals surface area contributed by atoms with Crippen molar-refractivity contribution in [1.29, 1.82) is 0 Å². The molecule has 0 spiro atoms. The van der Waals surface area contributed by atoms with Crippen molar-refractivity contribution in [2.45, 2.75) is 109 Å². The van der Waals surface area contributed by atoms with Crippen LogP contribution in [-0.4, -0.2) is 24.3 Å². The molecule has 4 heteroatoms. The monoisotopic (exact) mass is 321 g/mol. The number of rotatable bonds is 16. The standard InChI is InChI=1S/C19H38O3.Li/c1-3-4-5-12-15-18(20)16-13-10-8-6-7-9-11-14-17-19(21)22-2;/h18,20H,3-17H2,1-2H3;/q;+1. The zero-order chi connectivity index (χ0) is 16.5. The molecule has 0 bridgehead atoms. The summed E-state index contributed by atoms with van der Waals surface area (Å²) >= 11 is 0. The third-order valence-electron chi connectivity index (χ3n) is 4.29. The summed E-state index contributed by atoms with van der Waals surface area (Å²) in [5.74, 6) is -0.0896. The van der Waals surface area contributed by atoms with Gasteiger partial charge in [0.15, 0.2) is 0 Å². The summed E-state index contributed by atoms with van der Waals surface area (Å²) in [4.78, 5) is 10.9. The van der Waals surface area contributed by atoms with Gasteiger partial charge in [-0.2, -0.15) is 0 Å². The Labute approximate surface area is 156 Å². The van der Waals surface area contributed by atoms with Gasteiger partial charge in [-0.3, -0.25) is 4.79 Å². The quantitative estimate of drug-likeness (QED) is 0.270. The molecule has 1 unspecified atom stereocenters. The van der Waals surface area contributed by atoms with E-state index in [0.717, 1.165) is 32.1 Å². The SMILES string of the molecule is CCCCCCC(O)CCCCCCCCCCC(=O)OC.[Li+]. The van der Waals surface area contributed by atoms with Crippen LogP contribution < -0.4 is 18.9 Å². The van der Waals surface area contributed by atoms with Crippen molar-refractivity contribution in [1.82, 2.24) is 0 Å². The molecule has 0 aliphatic rings. The van der Waals surface area contributed by atoms with E-state index in [-0.39, 0.29) is 30.9 Å². The predicted octanol–water partition coefficient (Wildman–Crippen LogP) is 2.40. The number of aliphatic hydroxyl groups is 1. The molecule has 3 nitrogen and oxygen atoms in total. The molecule has 1 N–H and O–H groups in total. The fraction of sp³-hybridized carbons (Fsp3) is 0.947. The second-order valence-corrected chi connectivity index (χ2v) is 6.45. The van der Waals surface area contributed by atoms with E-state index in [1.807, 2.05) is 0 Å². The fourth-order valence-electron chi connectivity index (χ4n) is 2.76. The number of ether oxygens (including phenoxy) is 1. The molecule has 0 saturated carbocycles. The summed E-state index contributed by atoms with van der Waals surface area (Å²) in [6.45, 7) is 2.22. The van der Waals surface area contributed by atoms with Crippen molar-refractivity contribution in [3.8, 4) is 0 Å². The molecule has 0 aromatic carbocycles. The molecule has 0 amide bonds. The normalized spacial score (nSPS) is 11.8. The number of unbranched alkanes of at least 4 members (excludes halogenated alkanes) is 10. The van der Waals surface area contributed by atoms with Crippen LogP contribution >= 0.6 is 0 Å². The Kier molecular flexibility index (Phi) is 22.1. The summed E-state index contributed by atoms with van der Waals surface area (Å²) in [7, 11) is 1.45. The van der Waals surface area contributed by atoms with Crippen molar-refractivity contribution in [2.75, 3.05) is 7.11 Å². The van der Waals surface area contributed by atoms with Gasteiger partial charge in [-0.25, -0.2) is 0 Å². The molecule has 132 valence electrons. The zero-order valence-electron chi connectivity index (χ0n) is 15.9. The Bertz CT molecular complexity index is 247. The van der Waals surface area contributed by atoms with Gasteiger partial charge in [0.25, 0.3) is 0 Å². The summed E-state index contributed by atoms with van der Waals surface area (Å²) in [5.41, 5.74) is 0. The van der Waals surface area contributed by atoms with E-state index in [4.69, 9.17) is 0 Å². The van der Waals surface area contributed by atoms with Crippen LogP contribution in [0.5, 0.6) is 0 Å². The number of carbonyl (C=O) groups excluding carboxylic acids is 1. The average Bonchev–Trinajstić information content (AvgIpc) is 2.53. The van der Waals surface area contributed by atoms with Crippen molar-refractivity contribution in [3.05, 3.63) is 0 Å². The Balaban J connectivity index is 0. The fourth-order valence-corrected chi connectivity index (χ4v) is 2.76. The zero-order valence-corrected chi connectivity index (χ0v) is 15.9. The minimum Gasteiger partial charge on any atom is -0.469 e. The number of hydrogen-bond donors (Lipinski definition) is 1. The van der Waals surface area contributed by atoms with Crippen molar-refractivity contribution >= 4 is 5.97 Å². The number of hydrogen-bond acceptors (Lipinski definition) is 3. The molecule has 0 aromatic heterocycles. The van der Waals surface area contributed by atoms with Gasteiger partial charge < -0.3 is 9.84 Å². The second-order valence-electron chi connectivity index (χ2n) is 6.45. The van der Waals surface area contributed by atoms with Crippen LogP contribution in [0.2, 0.25) is 0 Å². The molecule has 0 aliphatic carbocycles. The third kappa shape index (κ3) is 20.0. The third-order valence-corrected chi connectivity index (χ3v) is 4.29. The van der Waals surface area contributed by atoms with Gasteiger partial charge in [-0.15, -0.1) is 0 Å². The topological polar surface area (TPSA) is 46.5 Å². The van der Waals surface area contributed by atoms with Crippen LogP contribution in [0.4, 0.5) is 0 Å². The molecular weight excluding hydrogens is 283 g/mol. The van der Waals surface area contributed by atoms with Gasteiger partial charge in [0.2, 0.25) is 0 Å². The van der Waals surface area contributed by atoms with Gasteiger partial charge in [0, 0.05) is 6.42 Å². The van der Waals surface area contributed by atoms with E-state index in [2.05, 4.69) is 11.7 Å². The first-order chi connectivity index (χ1) is 10.7. The van der Waals surface area contributed by atoms with Crippen molar-refractivity contribution < 1.29 is 33.5 Å². The number of aliphatic hydroxyl groups excluding tert-OH is 1. The first kappa shape index (κ1) is 25.3. The molecule has 0 rings (SSSR count).